The fourth-order valence-corrected chi connectivity index (χ4v) is 3.49. The molecule has 2 unspecified atom stereocenters. The van der Waals surface area contributed by atoms with Crippen LogP contribution in [0.4, 0.5) is 0 Å². The number of methoxy groups -OCH3 is 1. The molecule has 0 bridgehead atoms. The van der Waals surface area contributed by atoms with Crippen LogP contribution in [0.5, 0.6) is 0 Å². The van der Waals surface area contributed by atoms with E-state index in [2.05, 4.69) is 27.7 Å². The van der Waals surface area contributed by atoms with Crippen LogP contribution < -0.4 is 5.73 Å². The van der Waals surface area contributed by atoms with Gasteiger partial charge in [0.25, 0.3) is 0 Å². The Balaban J connectivity index is 2.80. The van der Waals surface area contributed by atoms with Gasteiger partial charge in [0.2, 0.25) is 0 Å². The summed E-state index contributed by atoms with van der Waals surface area (Å²) in [6.07, 6.45) is 2.54. The molecule has 1 rings (SSSR count). The lowest BCUT2D eigenvalue weighted by atomic mass is 9.57. The van der Waals surface area contributed by atoms with Gasteiger partial charge in [-0.1, -0.05) is 27.7 Å². The first-order valence-corrected chi connectivity index (χ1v) is 6.00. The van der Waals surface area contributed by atoms with Gasteiger partial charge in [-0.05, 0) is 29.6 Å². The van der Waals surface area contributed by atoms with Crippen molar-refractivity contribution in [2.45, 2.75) is 53.0 Å². The van der Waals surface area contributed by atoms with Crippen LogP contribution in [-0.4, -0.2) is 19.1 Å². The second-order valence-electron chi connectivity index (χ2n) is 6.58. The predicted octanol–water partition coefficient (Wildman–Crippen LogP) is 2.34. The van der Waals surface area contributed by atoms with E-state index >= 15 is 0 Å². The molecule has 1 aliphatic rings. The van der Waals surface area contributed by atoms with Crippen molar-refractivity contribution in [1.82, 2.24) is 0 Å². The second-order valence-corrected chi connectivity index (χ2v) is 6.58. The summed E-state index contributed by atoms with van der Waals surface area (Å²) >= 11 is 0. The zero-order chi connectivity index (χ0) is 12.6. The smallest absolute Gasteiger partial charge is 0.305 e. The van der Waals surface area contributed by atoms with Gasteiger partial charge in [0.15, 0.2) is 0 Å². The Morgan fingerprint density at radius 2 is 1.94 bits per heavy atom. The third-order valence-electron chi connectivity index (χ3n) is 3.86. The lowest BCUT2D eigenvalue weighted by molar-refractivity contribution is -0.144. The minimum atomic E-state index is -0.145. The second kappa shape index (κ2) is 4.36. The molecule has 0 saturated heterocycles. The molecule has 0 radical (unpaired) electrons. The molecule has 0 aromatic rings. The maximum absolute atomic E-state index is 11.4. The van der Waals surface area contributed by atoms with E-state index in [-0.39, 0.29) is 28.8 Å². The standard InChI is InChI=1S/C13H25NO2/c1-12(2)7-10(14)9(6-11(15)16-5)13(3,4)8-12/h9-10H,6-8,14H2,1-5H3. The maximum atomic E-state index is 11.4. The fraction of sp³-hybridized carbons (Fsp3) is 0.923. The number of carbonyl (C=O) groups is 1. The Labute approximate surface area is 98.7 Å². The molecule has 0 aromatic carbocycles. The zero-order valence-electron chi connectivity index (χ0n) is 11.2. The molecule has 16 heavy (non-hydrogen) atoms. The number of nitrogens with two attached hydrogens (primary N) is 1. The summed E-state index contributed by atoms with van der Waals surface area (Å²) < 4.78 is 4.75. The SMILES string of the molecule is COC(=O)CC1C(N)CC(C)(C)CC1(C)C. The molecular weight excluding hydrogens is 202 g/mol. The van der Waals surface area contributed by atoms with Crippen molar-refractivity contribution in [3.63, 3.8) is 0 Å². The monoisotopic (exact) mass is 227 g/mol. The highest BCUT2D eigenvalue weighted by Gasteiger charge is 2.45. The van der Waals surface area contributed by atoms with Crippen LogP contribution in [0.2, 0.25) is 0 Å². The van der Waals surface area contributed by atoms with E-state index in [1.807, 2.05) is 0 Å². The van der Waals surface area contributed by atoms with Crippen molar-refractivity contribution in [2.75, 3.05) is 7.11 Å². The summed E-state index contributed by atoms with van der Waals surface area (Å²) in [5.74, 6) is 0.0845. The van der Waals surface area contributed by atoms with E-state index in [0.717, 1.165) is 12.8 Å². The number of carbonyl (C=O) groups excluding carboxylic acids is 1. The molecule has 1 fully saturated rings. The molecule has 0 heterocycles. The van der Waals surface area contributed by atoms with Crippen LogP contribution in [0.25, 0.3) is 0 Å². The number of rotatable bonds is 2. The highest BCUT2D eigenvalue weighted by Crippen LogP contribution is 2.49. The van der Waals surface area contributed by atoms with E-state index in [4.69, 9.17) is 10.5 Å². The Kier molecular flexibility index (Phi) is 3.68. The molecule has 1 aliphatic carbocycles. The first-order valence-electron chi connectivity index (χ1n) is 6.00. The Morgan fingerprint density at radius 3 is 2.38 bits per heavy atom. The quantitative estimate of drug-likeness (QED) is 0.737. The van der Waals surface area contributed by atoms with Crippen LogP contribution in [0, 0.1) is 16.7 Å². The van der Waals surface area contributed by atoms with Crippen LogP contribution in [0.1, 0.15) is 47.0 Å². The molecule has 2 atom stereocenters. The molecule has 0 aromatic heterocycles. The van der Waals surface area contributed by atoms with E-state index in [1.54, 1.807) is 0 Å². The molecule has 0 aliphatic heterocycles. The minimum Gasteiger partial charge on any atom is -0.469 e. The highest BCUT2D eigenvalue weighted by atomic mass is 16.5. The van der Waals surface area contributed by atoms with Crippen molar-refractivity contribution in [2.24, 2.45) is 22.5 Å². The molecule has 2 N–H and O–H groups in total. The van der Waals surface area contributed by atoms with Gasteiger partial charge in [0, 0.05) is 6.04 Å². The molecule has 3 heteroatoms. The van der Waals surface area contributed by atoms with E-state index in [0.29, 0.717) is 6.42 Å². The van der Waals surface area contributed by atoms with Crippen LogP contribution in [0.15, 0.2) is 0 Å². The molecular formula is C13H25NO2. The molecule has 0 amide bonds. The Hall–Kier alpha value is -0.570. The molecule has 94 valence electrons. The normalized spacial score (nSPS) is 32.1. The van der Waals surface area contributed by atoms with Crippen molar-refractivity contribution >= 4 is 5.97 Å². The fourth-order valence-electron chi connectivity index (χ4n) is 3.49. The number of ether oxygens (including phenoxy) is 1. The van der Waals surface area contributed by atoms with Gasteiger partial charge in [-0.25, -0.2) is 0 Å². The van der Waals surface area contributed by atoms with Crippen LogP contribution in [-0.2, 0) is 9.53 Å². The summed E-state index contributed by atoms with van der Waals surface area (Å²) in [6, 6.07) is 0.0952. The van der Waals surface area contributed by atoms with Gasteiger partial charge in [-0.3, -0.25) is 4.79 Å². The van der Waals surface area contributed by atoms with Crippen LogP contribution in [0.3, 0.4) is 0 Å². The topological polar surface area (TPSA) is 52.3 Å². The third-order valence-corrected chi connectivity index (χ3v) is 3.86. The van der Waals surface area contributed by atoms with Crippen molar-refractivity contribution < 1.29 is 9.53 Å². The van der Waals surface area contributed by atoms with E-state index in [1.165, 1.54) is 7.11 Å². The number of hydrogen-bond acceptors (Lipinski definition) is 3. The Bertz CT molecular complexity index is 271. The average molecular weight is 227 g/mol. The molecule has 1 saturated carbocycles. The van der Waals surface area contributed by atoms with E-state index in [9.17, 15) is 4.79 Å². The lowest BCUT2D eigenvalue weighted by Crippen LogP contribution is -2.50. The first kappa shape index (κ1) is 13.5. The zero-order valence-corrected chi connectivity index (χ0v) is 11.2. The van der Waals surface area contributed by atoms with Crippen LogP contribution >= 0.6 is 0 Å². The van der Waals surface area contributed by atoms with Crippen molar-refractivity contribution in [1.29, 1.82) is 0 Å². The molecule has 0 spiro atoms. The summed E-state index contributed by atoms with van der Waals surface area (Å²) in [5, 5.41) is 0. The summed E-state index contributed by atoms with van der Waals surface area (Å²) in [5.41, 5.74) is 6.61. The minimum absolute atomic E-state index is 0.0952. The van der Waals surface area contributed by atoms with Gasteiger partial charge in [0.1, 0.15) is 0 Å². The third kappa shape index (κ3) is 2.97. The van der Waals surface area contributed by atoms with Gasteiger partial charge < -0.3 is 10.5 Å². The van der Waals surface area contributed by atoms with Crippen molar-refractivity contribution in [3.05, 3.63) is 0 Å². The van der Waals surface area contributed by atoms with E-state index < -0.39 is 0 Å². The van der Waals surface area contributed by atoms with Gasteiger partial charge >= 0.3 is 5.97 Å². The van der Waals surface area contributed by atoms with Gasteiger partial charge in [-0.15, -0.1) is 0 Å². The number of esters is 1. The van der Waals surface area contributed by atoms with Crippen molar-refractivity contribution in [3.8, 4) is 0 Å². The first-order chi connectivity index (χ1) is 7.18. The molecule has 3 nitrogen and oxygen atoms in total. The van der Waals surface area contributed by atoms with Gasteiger partial charge in [-0.2, -0.15) is 0 Å². The predicted molar refractivity (Wildman–Crippen MR) is 64.9 cm³/mol. The highest BCUT2D eigenvalue weighted by molar-refractivity contribution is 5.69. The average Bonchev–Trinajstić information content (AvgIpc) is 2.08. The summed E-state index contributed by atoms with van der Waals surface area (Å²) in [4.78, 5) is 11.4. The summed E-state index contributed by atoms with van der Waals surface area (Å²) in [7, 11) is 1.44. The van der Waals surface area contributed by atoms with Gasteiger partial charge in [0.05, 0.1) is 13.5 Å². The largest absolute Gasteiger partial charge is 0.469 e. The number of hydrogen-bond donors (Lipinski definition) is 1. The lowest BCUT2D eigenvalue weighted by Gasteiger charge is -2.49. The summed E-state index contributed by atoms with van der Waals surface area (Å²) in [6.45, 7) is 8.93. The maximum Gasteiger partial charge on any atom is 0.305 e. The Morgan fingerprint density at radius 1 is 1.38 bits per heavy atom.